The highest BCUT2D eigenvalue weighted by molar-refractivity contribution is 6.63. The van der Waals surface area contributed by atoms with E-state index >= 15 is 0 Å². The van der Waals surface area contributed by atoms with E-state index in [9.17, 15) is 4.79 Å². The first-order valence-corrected chi connectivity index (χ1v) is 5.48. The topological polar surface area (TPSA) is 17.1 Å². The van der Waals surface area contributed by atoms with E-state index in [1.165, 1.54) is 19.3 Å². The van der Waals surface area contributed by atoms with Gasteiger partial charge >= 0.3 is 0 Å². The van der Waals surface area contributed by atoms with Crippen molar-refractivity contribution >= 4 is 40.0 Å². The summed E-state index contributed by atoms with van der Waals surface area (Å²) >= 11 is 14.8. The highest BCUT2D eigenvalue weighted by Gasteiger charge is 2.18. The Morgan fingerprint density at radius 2 is 1.58 bits per heavy atom. The number of rotatable bonds is 1. The lowest BCUT2D eigenvalue weighted by Gasteiger charge is -2.16. The summed E-state index contributed by atoms with van der Waals surface area (Å²) in [6, 6.07) is 0. The van der Waals surface area contributed by atoms with E-state index in [1.807, 2.05) is 0 Å². The largest absolute Gasteiger partial charge is 0.281 e. The molecule has 1 aliphatic rings. The van der Waals surface area contributed by atoms with Crippen LogP contribution in [0.15, 0.2) is 0 Å². The van der Waals surface area contributed by atoms with Crippen LogP contribution in [0.25, 0.3) is 0 Å². The van der Waals surface area contributed by atoms with E-state index in [2.05, 4.69) is 0 Å². The summed E-state index contributed by atoms with van der Waals surface area (Å²) in [5.74, 6) is 0.181. The highest BCUT2D eigenvalue weighted by atomic mass is 35.5. The van der Waals surface area contributed by atoms with Crippen LogP contribution in [0.1, 0.15) is 32.1 Å². The van der Waals surface area contributed by atoms with E-state index < -0.39 is 0 Å². The Balaban J connectivity index is 0.000000354. The zero-order valence-electron chi connectivity index (χ0n) is 6.86. The van der Waals surface area contributed by atoms with Gasteiger partial charge in [0, 0.05) is 5.92 Å². The van der Waals surface area contributed by atoms with Crippen molar-refractivity contribution in [2.24, 2.45) is 5.92 Å². The van der Waals surface area contributed by atoms with E-state index in [-0.39, 0.29) is 16.5 Å². The molecule has 12 heavy (non-hydrogen) atoms. The first-order valence-electron chi connectivity index (χ1n) is 4.03. The monoisotopic (exact) mass is 230 g/mol. The molecule has 0 N–H and O–H groups in total. The highest BCUT2D eigenvalue weighted by Crippen LogP contribution is 2.24. The first kappa shape index (κ1) is 12.5. The predicted molar refractivity (Wildman–Crippen MR) is 54.0 cm³/mol. The van der Waals surface area contributed by atoms with Gasteiger partial charge in [0.2, 0.25) is 5.24 Å². The molecule has 4 heteroatoms. The Labute approximate surface area is 88.4 Å². The number of carbonyl (C=O) groups is 1. The summed E-state index contributed by atoms with van der Waals surface area (Å²) in [7, 11) is 0. The molecule has 0 aromatic carbocycles. The second kappa shape index (κ2) is 8.15. The van der Waals surface area contributed by atoms with Crippen LogP contribution in [0, 0.1) is 5.92 Å². The molecular formula is C8H13Cl3O. The summed E-state index contributed by atoms with van der Waals surface area (Å²) < 4.78 is 0. The molecule has 1 aliphatic carbocycles. The molecule has 0 atom stereocenters. The van der Waals surface area contributed by atoms with Gasteiger partial charge in [-0.3, -0.25) is 4.79 Å². The van der Waals surface area contributed by atoms with Crippen molar-refractivity contribution in [3.05, 3.63) is 0 Å². The van der Waals surface area contributed by atoms with E-state index in [0.717, 1.165) is 12.8 Å². The molecule has 1 rings (SSSR count). The molecule has 0 radical (unpaired) electrons. The number of halogens is 3. The fourth-order valence-electron chi connectivity index (χ4n) is 1.33. The standard InChI is InChI=1S/C7H11ClO.CH2Cl2/c8-7(9)6-4-2-1-3-5-6;2-1-3/h6H,1-5H2;1H2. The SMILES string of the molecule is ClCCl.O=C(Cl)C1CCCCC1. The maximum atomic E-state index is 10.6. The average Bonchev–Trinajstić information content (AvgIpc) is 2.07. The molecule has 1 fully saturated rings. The summed E-state index contributed by atoms with van der Waals surface area (Å²) in [5, 5.41) is 0.0645. The van der Waals surface area contributed by atoms with Crippen LogP contribution in [0.5, 0.6) is 0 Å². The molecule has 0 spiro atoms. The molecule has 1 saturated carbocycles. The molecule has 1 nitrogen and oxygen atoms in total. The minimum absolute atomic E-state index is 0.130. The summed E-state index contributed by atoms with van der Waals surface area (Å²) in [4.78, 5) is 10.6. The maximum absolute atomic E-state index is 10.6. The molecule has 0 saturated heterocycles. The summed E-state index contributed by atoms with van der Waals surface area (Å²) in [6.45, 7) is 0. The Hall–Kier alpha value is 0.540. The smallest absolute Gasteiger partial charge is 0.224 e. The fourth-order valence-corrected chi connectivity index (χ4v) is 1.55. The second-order valence-corrected chi connectivity index (χ2v) is 3.92. The molecule has 0 heterocycles. The third-order valence-electron chi connectivity index (χ3n) is 1.93. The Morgan fingerprint density at radius 3 is 1.83 bits per heavy atom. The minimum Gasteiger partial charge on any atom is -0.281 e. The van der Waals surface area contributed by atoms with E-state index in [4.69, 9.17) is 34.8 Å². The van der Waals surface area contributed by atoms with Crippen LogP contribution in [0.4, 0.5) is 0 Å². The lowest BCUT2D eigenvalue weighted by atomic mass is 9.90. The fraction of sp³-hybridized carbons (Fsp3) is 0.875. The third kappa shape index (κ3) is 6.10. The van der Waals surface area contributed by atoms with Gasteiger partial charge in [0.25, 0.3) is 0 Å². The van der Waals surface area contributed by atoms with Crippen molar-refractivity contribution in [1.29, 1.82) is 0 Å². The molecule has 0 unspecified atom stereocenters. The van der Waals surface area contributed by atoms with Gasteiger partial charge in [0.15, 0.2) is 0 Å². The number of carbonyl (C=O) groups excluding carboxylic acids is 1. The quantitative estimate of drug-likeness (QED) is 0.496. The maximum Gasteiger partial charge on any atom is 0.224 e. The van der Waals surface area contributed by atoms with E-state index in [1.54, 1.807) is 0 Å². The summed E-state index contributed by atoms with van der Waals surface area (Å²) in [5.41, 5.74) is 0. The number of alkyl halides is 2. The molecule has 0 aromatic heterocycles. The lowest BCUT2D eigenvalue weighted by molar-refractivity contribution is -0.115. The van der Waals surface area contributed by atoms with Gasteiger partial charge in [-0.15, -0.1) is 23.2 Å². The van der Waals surface area contributed by atoms with Gasteiger partial charge in [-0.25, -0.2) is 0 Å². The molecule has 0 amide bonds. The van der Waals surface area contributed by atoms with Gasteiger partial charge in [-0.1, -0.05) is 19.3 Å². The zero-order valence-corrected chi connectivity index (χ0v) is 9.13. The van der Waals surface area contributed by atoms with Crippen LogP contribution in [0.3, 0.4) is 0 Å². The minimum atomic E-state index is -0.130. The summed E-state index contributed by atoms with van der Waals surface area (Å²) in [6.07, 6.45) is 5.68. The number of hydrogen-bond donors (Lipinski definition) is 0. The van der Waals surface area contributed by atoms with Gasteiger partial charge < -0.3 is 0 Å². The van der Waals surface area contributed by atoms with Gasteiger partial charge in [0.1, 0.15) is 0 Å². The van der Waals surface area contributed by atoms with Crippen molar-refractivity contribution in [2.75, 3.05) is 5.34 Å². The van der Waals surface area contributed by atoms with Crippen LogP contribution in [-0.2, 0) is 4.79 Å². The third-order valence-corrected chi connectivity index (χ3v) is 2.23. The molecule has 0 bridgehead atoms. The molecule has 72 valence electrons. The first-order chi connectivity index (χ1) is 5.72. The van der Waals surface area contributed by atoms with Crippen molar-refractivity contribution in [2.45, 2.75) is 32.1 Å². The van der Waals surface area contributed by atoms with Gasteiger partial charge in [0.05, 0.1) is 5.34 Å². The Kier molecular flexibility index (Phi) is 8.52. The lowest BCUT2D eigenvalue weighted by Crippen LogP contribution is -2.12. The van der Waals surface area contributed by atoms with Crippen molar-refractivity contribution < 1.29 is 4.79 Å². The van der Waals surface area contributed by atoms with Crippen LogP contribution < -0.4 is 0 Å². The van der Waals surface area contributed by atoms with Crippen LogP contribution in [0.2, 0.25) is 0 Å². The molecule has 0 aromatic rings. The zero-order chi connectivity index (χ0) is 9.40. The van der Waals surface area contributed by atoms with Crippen molar-refractivity contribution in [3.8, 4) is 0 Å². The Morgan fingerprint density at radius 1 is 1.17 bits per heavy atom. The van der Waals surface area contributed by atoms with Gasteiger partial charge in [-0.2, -0.15) is 0 Å². The van der Waals surface area contributed by atoms with Crippen LogP contribution >= 0.6 is 34.8 Å². The Bertz CT molecular complexity index is 121. The number of hydrogen-bond acceptors (Lipinski definition) is 1. The van der Waals surface area contributed by atoms with E-state index in [0.29, 0.717) is 0 Å². The van der Waals surface area contributed by atoms with Gasteiger partial charge in [-0.05, 0) is 24.4 Å². The predicted octanol–water partition coefficient (Wildman–Crippen LogP) is 3.75. The molecule has 0 aliphatic heterocycles. The molecular weight excluding hydrogens is 218 g/mol. The van der Waals surface area contributed by atoms with Crippen LogP contribution in [-0.4, -0.2) is 10.6 Å². The average molecular weight is 232 g/mol. The van der Waals surface area contributed by atoms with Crippen molar-refractivity contribution in [3.63, 3.8) is 0 Å². The second-order valence-electron chi connectivity index (χ2n) is 2.74. The normalized spacial score (nSPS) is 17.9. The van der Waals surface area contributed by atoms with Crippen molar-refractivity contribution in [1.82, 2.24) is 0 Å².